The van der Waals surface area contributed by atoms with Crippen LogP contribution in [0, 0.1) is 11.3 Å². The number of carbonyl (C=O) groups is 1. The summed E-state index contributed by atoms with van der Waals surface area (Å²) in [6.45, 7) is 4.01. The van der Waals surface area contributed by atoms with Crippen LogP contribution in [0.15, 0.2) is 36.9 Å². The van der Waals surface area contributed by atoms with Crippen LogP contribution in [0.25, 0.3) is 0 Å². The number of carbonyl (C=O) groups excluding carboxylic acids is 1. The molecule has 0 aliphatic rings. The molecule has 4 nitrogen and oxygen atoms in total. The summed E-state index contributed by atoms with van der Waals surface area (Å²) < 4.78 is 0. The Balaban J connectivity index is 2.69. The number of nitrogens with zero attached hydrogens (tertiary/aromatic N) is 2. The zero-order valence-corrected chi connectivity index (χ0v) is 10.5. The van der Waals surface area contributed by atoms with Gasteiger partial charge in [-0.3, -0.25) is 4.79 Å². The molecule has 1 aromatic rings. The molecule has 1 unspecified atom stereocenters. The number of likely N-dealkylation sites (N-methyl/N-ethyl adjacent to an activating group) is 1. The highest BCUT2D eigenvalue weighted by Gasteiger charge is 2.16. The minimum absolute atomic E-state index is 0.128. The van der Waals surface area contributed by atoms with E-state index in [2.05, 4.69) is 12.6 Å². The Bertz CT molecular complexity index is 476. The van der Waals surface area contributed by atoms with Crippen molar-refractivity contribution in [1.82, 2.24) is 4.90 Å². The van der Waals surface area contributed by atoms with E-state index in [1.54, 1.807) is 36.2 Å². The zero-order valence-electron chi connectivity index (χ0n) is 10.5. The first-order valence-electron chi connectivity index (χ1n) is 5.69. The Kier molecular flexibility index (Phi) is 5.09. The van der Waals surface area contributed by atoms with Crippen LogP contribution in [0.5, 0.6) is 0 Å². The average molecular weight is 243 g/mol. The van der Waals surface area contributed by atoms with Gasteiger partial charge in [0.05, 0.1) is 17.7 Å². The van der Waals surface area contributed by atoms with Crippen molar-refractivity contribution in [2.75, 3.05) is 7.05 Å². The molecule has 0 saturated heterocycles. The summed E-state index contributed by atoms with van der Waals surface area (Å²) in [6, 6.07) is 8.70. The Morgan fingerprint density at radius 2 is 2.39 bits per heavy atom. The molecule has 1 aromatic carbocycles. The molecule has 0 saturated carbocycles. The van der Waals surface area contributed by atoms with Crippen molar-refractivity contribution in [2.24, 2.45) is 5.73 Å². The number of hydrogen-bond acceptors (Lipinski definition) is 3. The maximum atomic E-state index is 11.9. The lowest BCUT2D eigenvalue weighted by Crippen LogP contribution is -2.41. The molecule has 0 aliphatic carbocycles. The van der Waals surface area contributed by atoms with E-state index in [0.717, 1.165) is 5.56 Å². The van der Waals surface area contributed by atoms with E-state index in [1.807, 2.05) is 6.07 Å². The number of nitriles is 1. The molecule has 0 radical (unpaired) electrons. The molecule has 0 aromatic heterocycles. The second-order valence-electron chi connectivity index (χ2n) is 4.14. The zero-order chi connectivity index (χ0) is 13.5. The first-order valence-corrected chi connectivity index (χ1v) is 5.69. The molecule has 0 spiro atoms. The summed E-state index contributed by atoms with van der Waals surface area (Å²) in [6.07, 6.45) is 2.09. The summed E-state index contributed by atoms with van der Waals surface area (Å²) in [5.74, 6) is -0.128. The number of hydrogen-bond donors (Lipinski definition) is 1. The van der Waals surface area contributed by atoms with Gasteiger partial charge in [-0.05, 0) is 24.1 Å². The second kappa shape index (κ2) is 6.58. The minimum atomic E-state index is -0.549. The van der Waals surface area contributed by atoms with Gasteiger partial charge in [0.25, 0.3) is 0 Å². The highest BCUT2D eigenvalue weighted by atomic mass is 16.2. The molecule has 4 heteroatoms. The molecule has 94 valence electrons. The third kappa shape index (κ3) is 3.72. The summed E-state index contributed by atoms with van der Waals surface area (Å²) >= 11 is 0. The van der Waals surface area contributed by atoms with Crippen LogP contribution >= 0.6 is 0 Å². The average Bonchev–Trinajstić information content (AvgIpc) is 2.38. The van der Waals surface area contributed by atoms with E-state index in [4.69, 9.17) is 11.0 Å². The van der Waals surface area contributed by atoms with Crippen molar-refractivity contribution in [3.8, 4) is 6.07 Å². The molecule has 0 aliphatic heterocycles. The van der Waals surface area contributed by atoms with Gasteiger partial charge in [0.1, 0.15) is 0 Å². The van der Waals surface area contributed by atoms with Crippen molar-refractivity contribution >= 4 is 5.91 Å². The fourth-order valence-electron chi connectivity index (χ4n) is 1.65. The van der Waals surface area contributed by atoms with E-state index in [1.165, 1.54) is 0 Å². The second-order valence-corrected chi connectivity index (χ2v) is 4.14. The van der Waals surface area contributed by atoms with Crippen LogP contribution in [0.1, 0.15) is 17.5 Å². The first kappa shape index (κ1) is 13.9. The van der Waals surface area contributed by atoms with Crippen molar-refractivity contribution in [2.45, 2.75) is 19.0 Å². The van der Waals surface area contributed by atoms with Gasteiger partial charge in [0.15, 0.2) is 0 Å². The van der Waals surface area contributed by atoms with Crippen LogP contribution in [-0.2, 0) is 11.3 Å². The number of benzene rings is 1. The third-order valence-corrected chi connectivity index (χ3v) is 2.59. The van der Waals surface area contributed by atoms with Crippen molar-refractivity contribution in [3.05, 3.63) is 48.0 Å². The van der Waals surface area contributed by atoms with Gasteiger partial charge < -0.3 is 10.6 Å². The maximum Gasteiger partial charge on any atom is 0.239 e. The highest BCUT2D eigenvalue weighted by Crippen LogP contribution is 2.08. The summed E-state index contributed by atoms with van der Waals surface area (Å²) in [7, 11) is 1.70. The van der Waals surface area contributed by atoms with Gasteiger partial charge in [0.2, 0.25) is 5.91 Å². The third-order valence-electron chi connectivity index (χ3n) is 2.59. The molecule has 0 bridgehead atoms. The van der Waals surface area contributed by atoms with E-state index >= 15 is 0 Å². The Hall–Kier alpha value is -2.12. The number of amides is 1. The predicted molar refractivity (Wildman–Crippen MR) is 70.4 cm³/mol. The molecule has 2 N–H and O–H groups in total. The molecule has 1 atom stereocenters. The Labute approximate surface area is 107 Å². The van der Waals surface area contributed by atoms with Gasteiger partial charge in [-0.15, -0.1) is 6.58 Å². The summed E-state index contributed by atoms with van der Waals surface area (Å²) in [5, 5.41) is 8.80. The summed E-state index contributed by atoms with van der Waals surface area (Å²) in [4.78, 5) is 13.4. The lowest BCUT2D eigenvalue weighted by atomic mass is 10.1. The molecule has 1 rings (SSSR count). The van der Waals surface area contributed by atoms with E-state index in [-0.39, 0.29) is 5.91 Å². The van der Waals surface area contributed by atoms with Gasteiger partial charge in [-0.2, -0.15) is 5.26 Å². The van der Waals surface area contributed by atoms with E-state index < -0.39 is 6.04 Å². The maximum absolute atomic E-state index is 11.9. The molecule has 0 heterocycles. The first-order chi connectivity index (χ1) is 8.58. The van der Waals surface area contributed by atoms with Gasteiger partial charge in [-0.1, -0.05) is 18.2 Å². The Morgan fingerprint density at radius 3 is 3.00 bits per heavy atom. The lowest BCUT2D eigenvalue weighted by Gasteiger charge is -2.20. The highest BCUT2D eigenvalue weighted by molar-refractivity contribution is 5.81. The van der Waals surface area contributed by atoms with Crippen LogP contribution < -0.4 is 5.73 Å². The summed E-state index contributed by atoms with van der Waals surface area (Å²) in [5.41, 5.74) is 7.22. The molecule has 0 fully saturated rings. The standard InChI is InChI=1S/C14H17N3O/c1-3-5-13(16)14(18)17(2)10-12-7-4-6-11(8-12)9-15/h3-4,6-8,13H,1,5,10,16H2,2H3. The van der Waals surface area contributed by atoms with Crippen LogP contribution in [-0.4, -0.2) is 23.9 Å². The predicted octanol–water partition coefficient (Wildman–Crippen LogP) is 1.42. The van der Waals surface area contributed by atoms with E-state index in [0.29, 0.717) is 18.5 Å². The fourth-order valence-corrected chi connectivity index (χ4v) is 1.65. The largest absolute Gasteiger partial charge is 0.340 e. The smallest absolute Gasteiger partial charge is 0.239 e. The molecule has 1 amide bonds. The SMILES string of the molecule is C=CCC(N)C(=O)N(C)Cc1cccc(C#N)c1. The topological polar surface area (TPSA) is 70.1 Å². The van der Waals surface area contributed by atoms with Crippen molar-refractivity contribution in [1.29, 1.82) is 5.26 Å². The fraction of sp³-hybridized carbons (Fsp3) is 0.286. The Morgan fingerprint density at radius 1 is 1.67 bits per heavy atom. The number of nitrogens with two attached hydrogens (primary N) is 1. The molecular formula is C14H17N3O. The monoisotopic (exact) mass is 243 g/mol. The quantitative estimate of drug-likeness (QED) is 0.795. The van der Waals surface area contributed by atoms with Crippen LogP contribution in [0.2, 0.25) is 0 Å². The normalized spacial score (nSPS) is 11.4. The van der Waals surface area contributed by atoms with Crippen molar-refractivity contribution in [3.63, 3.8) is 0 Å². The molecular weight excluding hydrogens is 226 g/mol. The minimum Gasteiger partial charge on any atom is -0.340 e. The van der Waals surface area contributed by atoms with Gasteiger partial charge in [-0.25, -0.2) is 0 Å². The van der Waals surface area contributed by atoms with Crippen molar-refractivity contribution < 1.29 is 4.79 Å². The number of rotatable bonds is 5. The van der Waals surface area contributed by atoms with Gasteiger partial charge >= 0.3 is 0 Å². The lowest BCUT2D eigenvalue weighted by molar-refractivity contribution is -0.131. The van der Waals surface area contributed by atoms with Crippen LogP contribution in [0.4, 0.5) is 0 Å². The molecule has 18 heavy (non-hydrogen) atoms. The van der Waals surface area contributed by atoms with Gasteiger partial charge in [0, 0.05) is 13.6 Å². The van der Waals surface area contributed by atoms with E-state index in [9.17, 15) is 4.79 Å². The van der Waals surface area contributed by atoms with Crippen LogP contribution in [0.3, 0.4) is 0 Å².